The smallest absolute Gasteiger partial charge is 0.00817 e. The van der Waals surface area contributed by atoms with Gasteiger partial charge in [0.05, 0.1) is 0 Å². The number of hydrogen-bond donors (Lipinski definition) is 0. The van der Waals surface area contributed by atoms with Gasteiger partial charge >= 0.3 is 0 Å². The van der Waals surface area contributed by atoms with Crippen LogP contribution in [0.1, 0.15) is 22.3 Å². The second-order valence-corrected chi connectivity index (χ2v) is 9.72. The third kappa shape index (κ3) is 2.86. The fraction of sp³-hybridized carbons (Fsp3) is 0.136. The van der Waals surface area contributed by atoms with Crippen LogP contribution < -0.4 is 5.04 Å². The molecule has 4 rings (SSSR count). The molecular weight excluding hydrogens is 326 g/mol. The molecule has 1 aliphatic heterocycles. The SMILES string of the molecule is Cc1cpc(P2CC(c3ccccc3)=C2c2ccccc2)cc1C. The van der Waals surface area contributed by atoms with Crippen LogP contribution in [0, 0.1) is 13.8 Å². The van der Waals surface area contributed by atoms with Gasteiger partial charge in [0.15, 0.2) is 0 Å². The molecule has 2 heterocycles. The van der Waals surface area contributed by atoms with Crippen LogP contribution in [0.4, 0.5) is 0 Å². The van der Waals surface area contributed by atoms with Crippen LogP contribution in [0.25, 0.3) is 10.9 Å². The molecule has 2 aromatic carbocycles. The van der Waals surface area contributed by atoms with E-state index in [4.69, 9.17) is 0 Å². The molecule has 0 spiro atoms. The molecule has 0 amide bonds. The minimum Gasteiger partial charge on any atom is -0.0673 e. The van der Waals surface area contributed by atoms with Crippen LogP contribution in [0.3, 0.4) is 0 Å². The van der Waals surface area contributed by atoms with Gasteiger partial charge in [-0.25, -0.2) is 0 Å². The average Bonchev–Trinajstić information content (AvgIpc) is 2.59. The Kier molecular flexibility index (Phi) is 4.36. The van der Waals surface area contributed by atoms with Crippen molar-refractivity contribution in [2.45, 2.75) is 13.8 Å². The van der Waals surface area contributed by atoms with Crippen LogP contribution >= 0.6 is 16.1 Å². The standard InChI is InChI=1S/C22H20P2/c1-16-13-21(23-14-17(16)2)24-15-20(18-9-5-3-6-10-18)22(24)19-11-7-4-8-12-19/h3-14H,15H2,1-2H3. The molecule has 0 N–H and O–H groups in total. The van der Waals surface area contributed by atoms with Gasteiger partial charge in [-0.05, 0) is 66.8 Å². The normalized spacial score (nSPS) is 17.2. The Morgan fingerprint density at radius 2 is 1.42 bits per heavy atom. The first-order chi connectivity index (χ1) is 11.7. The Morgan fingerprint density at radius 1 is 0.792 bits per heavy atom. The van der Waals surface area contributed by atoms with Gasteiger partial charge in [-0.15, -0.1) is 0 Å². The summed E-state index contributed by atoms with van der Waals surface area (Å²) in [6.07, 6.45) is 1.21. The fourth-order valence-corrected chi connectivity index (χ4v) is 7.45. The molecule has 3 aromatic rings. The molecule has 1 unspecified atom stereocenters. The molecule has 118 valence electrons. The zero-order chi connectivity index (χ0) is 16.5. The summed E-state index contributed by atoms with van der Waals surface area (Å²) in [4.78, 5) is 0. The molecule has 24 heavy (non-hydrogen) atoms. The molecular formula is C22H20P2. The van der Waals surface area contributed by atoms with E-state index in [0.29, 0.717) is 0 Å². The van der Waals surface area contributed by atoms with Crippen LogP contribution in [0.5, 0.6) is 0 Å². The highest BCUT2D eigenvalue weighted by Gasteiger charge is 2.32. The molecule has 0 saturated heterocycles. The maximum Gasteiger partial charge on any atom is 0.00817 e. The summed E-state index contributed by atoms with van der Waals surface area (Å²) < 4.78 is 0. The van der Waals surface area contributed by atoms with Gasteiger partial charge in [0, 0.05) is 11.2 Å². The molecule has 0 aliphatic carbocycles. The molecule has 0 fully saturated rings. The highest BCUT2D eigenvalue weighted by atomic mass is 31.1. The van der Waals surface area contributed by atoms with Crippen molar-refractivity contribution in [3.8, 4) is 0 Å². The fourth-order valence-electron chi connectivity index (χ4n) is 3.13. The van der Waals surface area contributed by atoms with Gasteiger partial charge in [-0.1, -0.05) is 68.9 Å². The van der Waals surface area contributed by atoms with Crippen molar-refractivity contribution in [1.82, 2.24) is 0 Å². The third-order valence-electron chi connectivity index (χ3n) is 4.68. The van der Waals surface area contributed by atoms with E-state index < -0.39 is 0 Å². The topological polar surface area (TPSA) is 0 Å². The Labute approximate surface area is 147 Å². The average molecular weight is 346 g/mol. The van der Waals surface area contributed by atoms with Crippen molar-refractivity contribution >= 4 is 32.0 Å². The Morgan fingerprint density at radius 3 is 2.04 bits per heavy atom. The number of allylic oxidation sites excluding steroid dienone is 1. The summed E-state index contributed by atoms with van der Waals surface area (Å²) in [7, 11) is 1.19. The lowest BCUT2D eigenvalue weighted by Gasteiger charge is -2.35. The third-order valence-corrected chi connectivity index (χ3v) is 9.04. The predicted molar refractivity (Wildman–Crippen MR) is 110 cm³/mol. The lowest BCUT2D eigenvalue weighted by atomic mass is 10.0. The van der Waals surface area contributed by atoms with E-state index >= 15 is 0 Å². The highest BCUT2D eigenvalue weighted by Crippen LogP contribution is 2.64. The quantitative estimate of drug-likeness (QED) is 0.470. The lowest BCUT2D eigenvalue weighted by molar-refractivity contribution is 1.38. The van der Waals surface area contributed by atoms with Gasteiger partial charge < -0.3 is 0 Å². The van der Waals surface area contributed by atoms with Gasteiger partial charge in [-0.2, -0.15) is 0 Å². The van der Waals surface area contributed by atoms with Crippen LogP contribution in [0.15, 0.2) is 72.5 Å². The Hall–Kier alpha value is -1.74. The minimum atomic E-state index is -0.201. The Balaban J connectivity index is 1.82. The van der Waals surface area contributed by atoms with Gasteiger partial charge in [-0.3, -0.25) is 0 Å². The van der Waals surface area contributed by atoms with E-state index in [1.54, 1.807) is 10.4 Å². The van der Waals surface area contributed by atoms with Crippen molar-refractivity contribution in [2.75, 3.05) is 6.16 Å². The summed E-state index contributed by atoms with van der Waals surface area (Å²) in [6, 6.07) is 24.3. The van der Waals surface area contributed by atoms with E-state index in [2.05, 4.69) is 86.4 Å². The van der Waals surface area contributed by atoms with Crippen molar-refractivity contribution in [3.05, 3.63) is 94.8 Å². The number of benzene rings is 2. The first-order valence-electron chi connectivity index (χ1n) is 8.29. The Bertz CT molecular complexity index is 896. The highest BCUT2D eigenvalue weighted by molar-refractivity contribution is 7.84. The largest absolute Gasteiger partial charge is 0.0673 e. The number of rotatable bonds is 3. The molecule has 1 atom stereocenters. The van der Waals surface area contributed by atoms with E-state index in [9.17, 15) is 0 Å². The van der Waals surface area contributed by atoms with Crippen molar-refractivity contribution in [3.63, 3.8) is 0 Å². The summed E-state index contributed by atoms with van der Waals surface area (Å²) in [6.45, 7) is 4.45. The first kappa shape index (κ1) is 15.8. The number of aryl methyl sites for hydroxylation is 2. The molecule has 0 radical (unpaired) electrons. The summed E-state index contributed by atoms with van der Waals surface area (Å²) in [5.74, 6) is 2.37. The summed E-state index contributed by atoms with van der Waals surface area (Å²) >= 11 is 0. The zero-order valence-corrected chi connectivity index (χ0v) is 15.8. The predicted octanol–water partition coefficient (Wildman–Crippen LogP) is 6.57. The van der Waals surface area contributed by atoms with Gasteiger partial charge in [0.2, 0.25) is 0 Å². The van der Waals surface area contributed by atoms with Crippen LogP contribution in [0.2, 0.25) is 0 Å². The first-order valence-corrected chi connectivity index (χ1v) is 10.8. The maximum atomic E-state index is 2.44. The van der Waals surface area contributed by atoms with Crippen molar-refractivity contribution < 1.29 is 0 Å². The van der Waals surface area contributed by atoms with Crippen molar-refractivity contribution in [2.24, 2.45) is 0 Å². The van der Waals surface area contributed by atoms with E-state index in [-0.39, 0.29) is 7.92 Å². The summed E-state index contributed by atoms with van der Waals surface area (Å²) in [5, 5.41) is 3.18. The second-order valence-electron chi connectivity index (χ2n) is 6.27. The molecule has 0 nitrogen and oxygen atoms in total. The monoisotopic (exact) mass is 346 g/mol. The second kappa shape index (κ2) is 6.64. The van der Waals surface area contributed by atoms with Crippen LogP contribution in [-0.2, 0) is 0 Å². The van der Waals surface area contributed by atoms with Crippen LogP contribution in [-0.4, -0.2) is 6.16 Å². The van der Waals surface area contributed by atoms with Crippen molar-refractivity contribution in [1.29, 1.82) is 0 Å². The van der Waals surface area contributed by atoms with E-state index in [0.717, 1.165) is 0 Å². The van der Waals surface area contributed by atoms with Gasteiger partial charge in [0.25, 0.3) is 0 Å². The number of hydrogen-bond acceptors (Lipinski definition) is 0. The van der Waals surface area contributed by atoms with Gasteiger partial charge in [0.1, 0.15) is 0 Å². The zero-order valence-electron chi connectivity index (χ0n) is 14.0. The van der Waals surface area contributed by atoms with E-state index in [1.807, 2.05) is 0 Å². The summed E-state index contributed by atoms with van der Waals surface area (Å²) in [5.41, 5.74) is 7.16. The minimum absolute atomic E-state index is 0.201. The molecule has 0 saturated carbocycles. The molecule has 2 heteroatoms. The molecule has 1 aromatic heterocycles. The maximum absolute atomic E-state index is 2.44. The molecule has 1 aliphatic rings. The molecule has 0 bridgehead atoms. The lowest BCUT2D eigenvalue weighted by Crippen LogP contribution is -2.14. The van der Waals surface area contributed by atoms with E-state index in [1.165, 1.54) is 42.2 Å².